The highest BCUT2D eigenvalue weighted by Crippen LogP contribution is 2.23. The highest BCUT2D eigenvalue weighted by molar-refractivity contribution is 5.85. The zero-order valence-corrected chi connectivity index (χ0v) is 22.6. The molecule has 0 aliphatic rings. The van der Waals surface area contributed by atoms with Gasteiger partial charge in [0.15, 0.2) is 6.61 Å². The van der Waals surface area contributed by atoms with Gasteiger partial charge < -0.3 is 24.3 Å². The van der Waals surface area contributed by atoms with Crippen molar-refractivity contribution in [2.24, 2.45) is 0 Å². The fourth-order valence-corrected chi connectivity index (χ4v) is 4.43. The Balaban J connectivity index is 1.10. The lowest BCUT2D eigenvalue weighted by Crippen LogP contribution is -2.44. The van der Waals surface area contributed by atoms with Crippen LogP contribution in [0, 0.1) is 6.92 Å². The first-order chi connectivity index (χ1) is 19.9. The summed E-state index contributed by atoms with van der Waals surface area (Å²) in [6, 6.07) is 29.1. The molecule has 1 aromatic heterocycles. The lowest BCUT2D eigenvalue weighted by atomic mass is 10.1. The smallest absolute Gasteiger partial charge is 0.326 e. The molecule has 5 rings (SSSR count). The summed E-state index contributed by atoms with van der Waals surface area (Å²) in [7, 11) is 0. The maximum Gasteiger partial charge on any atom is 0.326 e. The van der Waals surface area contributed by atoms with Crippen LogP contribution in [-0.4, -0.2) is 41.2 Å². The van der Waals surface area contributed by atoms with E-state index in [1.54, 1.807) is 30.3 Å². The van der Waals surface area contributed by atoms with Gasteiger partial charge in [0.05, 0.1) is 12.3 Å². The number of nitrogens with zero attached hydrogens (tertiary/aromatic N) is 1. The van der Waals surface area contributed by atoms with Crippen LogP contribution in [0.1, 0.15) is 17.0 Å². The second-order valence-corrected chi connectivity index (χ2v) is 9.59. The van der Waals surface area contributed by atoms with Crippen LogP contribution in [0.2, 0.25) is 0 Å². The van der Waals surface area contributed by atoms with Crippen LogP contribution in [-0.2, 0) is 22.4 Å². The van der Waals surface area contributed by atoms with Crippen LogP contribution in [0.15, 0.2) is 101 Å². The lowest BCUT2D eigenvalue weighted by molar-refractivity contribution is -0.142. The molecule has 0 aliphatic carbocycles. The van der Waals surface area contributed by atoms with Crippen LogP contribution < -0.4 is 14.8 Å². The molecule has 4 aromatic carbocycles. The Labute approximate surface area is 237 Å². The fraction of sp³-hybridized carbons (Fsp3) is 0.182. The fourth-order valence-electron chi connectivity index (χ4n) is 4.43. The van der Waals surface area contributed by atoms with Gasteiger partial charge in [-0.15, -0.1) is 0 Å². The van der Waals surface area contributed by atoms with Gasteiger partial charge in [0.25, 0.3) is 5.91 Å². The molecule has 1 atom stereocenters. The monoisotopic (exact) mass is 550 g/mol. The summed E-state index contributed by atoms with van der Waals surface area (Å²) < 4.78 is 17.3. The molecule has 5 aromatic rings. The van der Waals surface area contributed by atoms with Crippen molar-refractivity contribution >= 4 is 22.6 Å². The minimum Gasteiger partial charge on any atom is -0.493 e. The predicted octanol–water partition coefficient (Wildman–Crippen LogP) is 5.62. The Hall–Kier alpha value is -5.11. The molecule has 0 spiro atoms. The van der Waals surface area contributed by atoms with E-state index in [0.717, 1.165) is 33.4 Å². The zero-order valence-electron chi connectivity index (χ0n) is 22.6. The number of aryl methyl sites for hydroxylation is 1. The minimum atomic E-state index is -1.12. The number of aliphatic carboxylic acids is 1. The number of carbonyl (C=O) groups is 2. The van der Waals surface area contributed by atoms with Crippen LogP contribution in [0.4, 0.5) is 0 Å². The van der Waals surface area contributed by atoms with Gasteiger partial charge >= 0.3 is 5.97 Å². The van der Waals surface area contributed by atoms with Gasteiger partial charge in [-0.25, -0.2) is 9.78 Å². The Morgan fingerprint density at radius 2 is 1.59 bits per heavy atom. The first-order valence-electron chi connectivity index (χ1n) is 13.3. The summed E-state index contributed by atoms with van der Waals surface area (Å²) in [6.45, 7) is 2.01. The normalized spacial score (nSPS) is 11.6. The molecule has 0 fully saturated rings. The molecule has 8 heteroatoms. The molecule has 0 saturated carbocycles. The van der Waals surface area contributed by atoms with E-state index in [1.165, 1.54) is 0 Å². The third-order valence-corrected chi connectivity index (χ3v) is 6.61. The van der Waals surface area contributed by atoms with Crippen molar-refractivity contribution < 1.29 is 28.6 Å². The van der Waals surface area contributed by atoms with E-state index in [9.17, 15) is 14.7 Å². The molecule has 0 unspecified atom stereocenters. The number of nitrogens with one attached hydrogen (secondary N) is 1. The summed E-state index contributed by atoms with van der Waals surface area (Å²) in [5.74, 6) is 0.899. The van der Waals surface area contributed by atoms with Crippen molar-refractivity contribution in [2.75, 3.05) is 13.2 Å². The van der Waals surface area contributed by atoms with Gasteiger partial charge in [-0.1, -0.05) is 60.7 Å². The topological polar surface area (TPSA) is 111 Å². The van der Waals surface area contributed by atoms with Gasteiger partial charge in [-0.05, 0) is 59.7 Å². The molecule has 0 radical (unpaired) electrons. The number of oxazole rings is 1. The first-order valence-corrected chi connectivity index (χ1v) is 13.3. The van der Waals surface area contributed by atoms with Crippen molar-refractivity contribution in [1.29, 1.82) is 0 Å². The number of aromatic nitrogens is 1. The van der Waals surface area contributed by atoms with Crippen molar-refractivity contribution in [1.82, 2.24) is 10.3 Å². The lowest BCUT2D eigenvalue weighted by Gasteiger charge is -2.15. The first kappa shape index (κ1) is 27.5. The number of rotatable bonds is 12. The summed E-state index contributed by atoms with van der Waals surface area (Å²) in [6.07, 6.45) is 0.704. The Morgan fingerprint density at radius 1 is 0.878 bits per heavy atom. The van der Waals surface area contributed by atoms with Crippen LogP contribution in [0.3, 0.4) is 0 Å². The standard InChI is InChI=1S/C33H30N2O6/c1-22-29(35-32(41-22)25-8-3-2-4-9-25)17-18-39-27-14-11-23(12-15-27)19-30(33(37)38)34-31(36)21-40-28-16-13-24-7-5-6-10-26(24)20-28/h2-16,20,30H,17-19,21H2,1H3,(H,34,36)(H,37,38)/t30-/m0/s1. The molecular formula is C33H30N2O6. The van der Waals surface area contributed by atoms with Gasteiger partial charge in [-0.2, -0.15) is 0 Å². The van der Waals surface area contributed by atoms with Crippen LogP contribution >= 0.6 is 0 Å². The number of amides is 1. The van der Waals surface area contributed by atoms with Gasteiger partial charge in [0, 0.05) is 18.4 Å². The molecular weight excluding hydrogens is 520 g/mol. The maximum absolute atomic E-state index is 12.4. The number of benzene rings is 4. The molecule has 0 bridgehead atoms. The largest absolute Gasteiger partial charge is 0.493 e. The van der Waals surface area contributed by atoms with E-state index in [2.05, 4.69) is 10.3 Å². The molecule has 0 saturated heterocycles. The van der Waals surface area contributed by atoms with E-state index in [1.807, 2.05) is 73.7 Å². The second-order valence-electron chi connectivity index (χ2n) is 9.59. The highest BCUT2D eigenvalue weighted by Gasteiger charge is 2.21. The van der Waals surface area contributed by atoms with Crippen LogP contribution in [0.25, 0.3) is 22.2 Å². The number of carboxylic acids is 1. The molecule has 2 N–H and O–H groups in total. The summed E-state index contributed by atoms with van der Waals surface area (Å²) >= 11 is 0. The van der Waals surface area contributed by atoms with Gasteiger partial charge in [0.1, 0.15) is 23.3 Å². The number of hydrogen-bond donors (Lipinski definition) is 2. The van der Waals surface area contributed by atoms with E-state index in [4.69, 9.17) is 13.9 Å². The molecule has 41 heavy (non-hydrogen) atoms. The van der Waals surface area contributed by atoms with E-state index in [-0.39, 0.29) is 13.0 Å². The number of ether oxygens (including phenoxy) is 2. The summed E-state index contributed by atoms with van der Waals surface area (Å²) in [4.78, 5) is 28.9. The third kappa shape index (κ3) is 7.30. The van der Waals surface area contributed by atoms with Gasteiger partial charge in [-0.3, -0.25) is 4.79 Å². The second kappa shape index (κ2) is 12.8. The number of carboxylic acid groups (broad SMARTS) is 1. The Morgan fingerprint density at radius 3 is 2.34 bits per heavy atom. The van der Waals surface area contributed by atoms with E-state index < -0.39 is 17.9 Å². The average Bonchev–Trinajstić information content (AvgIpc) is 3.37. The highest BCUT2D eigenvalue weighted by atomic mass is 16.5. The predicted molar refractivity (Wildman–Crippen MR) is 155 cm³/mol. The minimum absolute atomic E-state index is 0.123. The van der Waals surface area contributed by atoms with Crippen molar-refractivity contribution in [2.45, 2.75) is 25.8 Å². The molecule has 8 nitrogen and oxygen atoms in total. The summed E-state index contributed by atoms with van der Waals surface area (Å²) in [5, 5.41) is 14.3. The maximum atomic E-state index is 12.4. The van der Waals surface area contributed by atoms with Crippen molar-refractivity contribution in [3.8, 4) is 23.0 Å². The quantitative estimate of drug-likeness (QED) is 0.208. The summed E-state index contributed by atoms with van der Waals surface area (Å²) in [5.41, 5.74) is 2.51. The molecule has 1 amide bonds. The molecule has 1 heterocycles. The van der Waals surface area contributed by atoms with E-state index >= 15 is 0 Å². The average molecular weight is 551 g/mol. The van der Waals surface area contributed by atoms with Crippen molar-refractivity contribution in [3.05, 3.63) is 114 Å². The number of hydrogen-bond acceptors (Lipinski definition) is 6. The third-order valence-electron chi connectivity index (χ3n) is 6.61. The SMILES string of the molecule is Cc1oc(-c2ccccc2)nc1CCOc1ccc(C[C@H](NC(=O)COc2ccc3ccccc3c2)C(=O)O)cc1. The zero-order chi connectivity index (χ0) is 28.6. The van der Waals surface area contributed by atoms with Crippen molar-refractivity contribution in [3.63, 3.8) is 0 Å². The Bertz CT molecular complexity index is 1630. The number of fused-ring (bicyclic) bond motifs is 1. The number of carbonyl (C=O) groups excluding carboxylic acids is 1. The van der Waals surface area contributed by atoms with Gasteiger partial charge in [0.2, 0.25) is 5.89 Å². The Kier molecular flexibility index (Phi) is 8.59. The van der Waals surface area contributed by atoms with Crippen LogP contribution in [0.5, 0.6) is 11.5 Å². The molecule has 208 valence electrons. The van der Waals surface area contributed by atoms with E-state index in [0.29, 0.717) is 30.4 Å². The molecule has 0 aliphatic heterocycles.